The molecule has 0 rings (SSSR count). The second-order valence-electron chi connectivity index (χ2n) is 17.8. The molecule has 2 unspecified atom stereocenters. The van der Waals surface area contributed by atoms with Crippen molar-refractivity contribution in [1.82, 2.24) is 5.32 Å². The zero-order valence-electron chi connectivity index (χ0n) is 40.4. The molecular weight excluding hydrogens is 755 g/mol. The number of aliphatic hydroxyl groups is 2. The van der Waals surface area contributed by atoms with E-state index in [2.05, 4.69) is 55.6 Å². The molecule has 1 amide bonds. The molecule has 0 aromatic carbocycles. The normalized spacial score (nSPS) is 13.0. The molecule has 2 atom stereocenters. The highest BCUT2D eigenvalue weighted by atomic mass is 16.5. The molecule has 0 spiro atoms. The highest BCUT2D eigenvalue weighted by molar-refractivity contribution is 5.76. The van der Waals surface area contributed by atoms with Gasteiger partial charge in [-0.25, -0.2) is 0 Å². The quantitative estimate of drug-likeness (QED) is 0.0322. The van der Waals surface area contributed by atoms with Crippen LogP contribution in [-0.2, 0) is 14.3 Å². The van der Waals surface area contributed by atoms with Gasteiger partial charge in [0.25, 0.3) is 0 Å². The summed E-state index contributed by atoms with van der Waals surface area (Å²) in [6.07, 6.45) is 62.6. The molecule has 6 heteroatoms. The summed E-state index contributed by atoms with van der Waals surface area (Å²) >= 11 is 0. The van der Waals surface area contributed by atoms with Gasteiger partial charge in [0.05, 0.1) is 25.4 Å². The van der Waals surface area contributed by atoms with E-state index in [1.165, 1.54) is 173 Å². The van der Waals surface area contributed by atoms with E-state index in [4.69, 9.17) is 4.74 Å². The van der Waals surface area contributed by atoms with Crippen LogP contribution in [0.1, 0.15) is 264 Å². The number of carbonyl (C=O) groups excluding carboxylic acids is 2. The number of amides is 1. The predicted octanol–water partition coefficient (Wildman–Crippen LogP) is 15.8. The molecule has 0 fully saturated rings. The summed E-state index contributed by atoms with van der Waals surface area (Å²) < 4.78 is 5.45. The number of rotatable bonds is 48. The third kappa shape index (κ3) is 47.1. The minimum Gasteiger partial charge on any atom is -0.466 e. The molecule has 3 N–H and O–H groups in total. The van der Waals surface area contributed by atoms with Gasteiger partial charge >= 0.3 is 5.97 Å². The fraction of sp³-hybridized carbons (Fsp3) is 0.818. The fourth-order valence-corrected chi connectivity index (χ4v) is 7.70. The van der Waals surface area contributed by atoms with Gasteiger partial charge in [-0.3, -0.25) is 9.59 Å². The third-order valence-corrected chi connectivity index (χ3v) is 11.8. The monoisotopic (exact) mass is 856 g/mol. The Morgan fingerprint density at radius 2 is 0.836 bits per heavy atom. The minimum atomic E-state index is -0.850. The van der Waals surface area contributed by atoms with Crippen LogP contribution < -0.4 is 5.32 Å². The van der Waals surface area contributed by atoms with Crippen LogP contribution in [0.15, 0.2) is 48.6 Å². The largest absolute Gasteiger partial charge is 0.466 e. The Morgan fingerprint density at radius 1 is 0.459 bits per heavy atom. The van der Waals surface area contributed by atoms with E-state index < -0.39 is 12.1 Å². The lowest BCUT2D eigenvalue weighted by Gasteiger charge is -2.20. The van der Waals surface area contributed by atoms with Crippen LogP contribution in [0.4, 0.5) is 0 Å². The lowest BCUT2D eigenvalue weighted by molar-refractivity contribution is -0.143. The summed E-state index contributed by atoms with van der Waals surface area (Å²) in [4.78, 5) is 24.4. The number of carbonyl (C=O) groups is 2. The Balaban J connectivity index is 3.47. The van der Waals surface area contributed by atoms with Crippen LogP contribution in [0.2, 0.25) is 0 Å². The molecule has 356 valence electrons. The van der Waals surface area contributed by atoms with Gasteiger partial charge in [0.1, 0.15) is 0 Å². The van der Waals surface area contributed by atoms with Gasteiger partial charge in [-0.2, -0.15) is 0 Å². The van der Waals surface area contributed by atoms with Crippen molar-refractivity contribution in [1.29, 1.82) is 0 Å². The van der Waals surface area contributed by atoms with Gasteiger partial charge in [-0.15, -0.1) is 0 Å². The first-order valence-corrected chi connectivity index (χ1v) is 26.4. The van der Waals surface area contributed by atoms with Crippen molar-refractivity contribution in [2.24, 2.45) is 0 Å². The molecular formula is C55H101NO5. The van der Waals surface area contributed by atoms with Crippen LogP contribution in [0, 0.1) is 0 Å². The van der Waals surface area contributed by atoms with E-state index in [0.29, 0.717) is 19.4 Å². The fourth-order valence-electron chi connectivity index (χ4n) is 7.70. The van der Waals surface area contributed by atoms with Crippen molar-refractivity contribution in [3.05, 3.63) is 48.6 Å². The Morgan fingerprint density at radius 3 is 1.31 bits per heavy atom. The molecule has 0 aliphatic rings. The van der Waals surface area contributed by atoms with Crippen molar-refractivity contribution in [2.45, 2.75) is 276 Å². The van der Waals surface area contributed by atoms with Crippen LogP contribution >= 0.6 is 0 Å². The second-order valence-corrected chi connectivity index (χ2v) is 17.8. The maximum atomic E-state index is 12.4. The van der Waals surface area contributed by atoms with E-state index in [1.807, 2.05) is 6.08 Å². The first-order valence-electron chi connectivity index (χ1n) is 26.4. The van der Waals surface area contributed by atoms with E-state index in [9.17, 15) is 19.8 Å². The Kier molecular flexibility index (Phi) is 48.7. The van der Waals surface area contributed by atoms with Gasteiger partial charge in [0, 0.05) is 12.8 Å². The molecule has 0 aromatic rings. The number of nitrogens with one attached hydrogen (secondary N) is 1. The first-order chi connectivity index (χ1) is 30.0. The number of hydrogen-bond donors (Lipinski definition) is 3. The summed E-state index contributed by atoms with van der Waals surface area (Å²) in [5, 5.41) is 23.0. The molecule has 0 radical (unpaired) electrons. The molecule has 0 heterocycles. The van der Waals surface area contributed by atoms with Gasteiger partial charge in [0.15, 0.2) is 0 Å². The zero-order valence-corrected chi connectivity index (χ0v) is 40.4. The van der Waals surface area contributed by atoms with Crippen LogP contribution in [0.5, 0.6) is 0 Å². The number of ether oxygens (including phenoxy) is 1. The molecule has 0 saturated heterocycles. The molecule has 6 nitrogen and oxygen atoms in total. The lowest BCUT2D eigenvalue weighted by Crippen LogP contribution is -2.45. The number of allylic oxidation sites excluding steroid dienone is 7. The van der Waals surface area contributed by atoms with Crippen LogP contribution in [0.3, 0.4) is 0 Å². The Labute approximate surface area is 378 Å². The highest BCUT2D eigenvalue weighted by Gasteiger charge is 2.18. The van der Waals surface area contributed by atoms with Crippen molar-refractivity contribution < 1.29 is 24.5 Å². The Hall–Kier alpha value is -2.18. The lowest BCUT2D eigenvalue weighted by atomic mass is 10.1. The van der Waals surface area contributed by atoms with Crippen molar-refractivity contribution >= 4 is 11.9 Å². The van der Waals surface area contributed by atoms with Gasteiger partial charge in [-0.1, -0.05) is 217 Å². The van der Waals surface area contributed by atoms with Crippen molar-refractivity contribution in [3.8, 4) is 0 Å². The molecule has 0 aliphatic heterocycles. The minimum absolute atomic E-state index is 0.0125. The maximum Gasteiger partial charge on any atom is 0.305 e. The number of esters is 1. The average molecular weight is 856 g/mol. The van der Waals surface area contributed by atoms with Crippen molar-refractivity contribution in [2.75, 3.05) is 13.2 Å². The summed E-state index contributed by atoms with van der Waals surface area (Å²) in [7, 11) is 0. The number of unbranched alkanes of at least 4 members (excludes halogenated alkanes) is 31. The first kappa shape index (κ1) is 58.8. The summed E-state index contributed by atoms with van der Waals surface area (Å²) in [5.74, 6) is -0.0930. The average Bonchev–Trinajstić information content (AvgIpc) is 3.26. The maximum absolute atomic E-state index is 12.4. The van der Waals surface area contributed by atoms with Crippen LogP contribution in [-0.4, -0.2) is 47.4 Å². The molecule has 0 saturated carbocycles. The molecule has 0 bridgehead atoms. The van der Waals surface area contributed by atoms with Crippen LogP contribution in [0.25, 0.3) is 0 Å². The van der Waals surface area contributed by atoms with E-state index in [-0.39, 0.29) is 18.5 Å². The highest BCUT2D eigenvalue weighted by Crippen LogP contribution is 2.14. The number of aliphatic hydroxyl groups excluding tert-OH is 2. The van der Waals surface area contributed by atoms with E-state index >= 15 is 0 Å². The third-order valence-electron chi connectivity index (χ3n) is 11.8. The standard InChI is InChI=1S/C55H101NO5/c1-3-5-7-9-11-13-15-16-25-29-33-37-41-45-49-55(60)61-50-46-42-38-34-30-26-23-21-19-17-18-20-22-24-28-32-36-40-44-48-54(59)56-52(51-57)53(58)47-43-39-35-31-27-14-12-10-8-6-4-2/h9,11,15-18,43,47,52-53,57-58H,3-8,10,12-14,19-42,44-46,48-51H2,1-2H3,(H,56,59)/b11-9-,16-15-,18-17-,47-43+. The summed E-state index contributed by atoms with van der Waals surface area (Å²) in [5.41, 5.74) is 0. The second kappa shape index (κ2) is 50.5. The summed E-state index contributed by atoms with van der Waals surface area (Å²) in [6.45, 7) is 4.82. The number of hydrogen-bond acceptors (Lipinski definition) is 5. The molecule has 0 aliphatic carbocycles. The topological polar surface area (TPSA) is 95.9 Å². The predicted molar refractivity (Wildman–Crippen MR) is 264 cm³/mol. The molecule has 61 heavy (non-hydrogen) atoms. The Bertz CT molecular complexity index is 1040. The van der Waals surface area contributed by atoms with E-state index in [0.717, 1.165) is 64.2 Å². The smallest absolute Gasteiger partial charge is 0.305 e. The molecule has 0 aromatic heterocycles. The van der Waals surface area contributed by atoms with Gasteiger partial charge in [-0.05, 0) is 83.5 Å². The SMILES string of the molecule is CCCC/C=C\C/C=C\CCCCCCCC(=O)OCCCCCCCCCC/C=C\CCCCCCCCCC(=O)NC(CO)C(O)/C=C/CCCCCCCCCCC. The zero-order chi connectivity index (χ0) is 44.4. The van der Waals surface area contributed by atoms with Gasteiger partial charge in [0.2, 0.25) is 5.91 Å². The van der Waals surface area contributed by atoms with E-state index in [1.54, 1.807) is 6.08 Å². The van der Waals surface area contributed by atoms with Crippen molar-refractivity contribution in [3.63, 3.8) is 0 Å². The van der Waals surface area contributed by atoms with Gasteiger partial charge < -0.3 is 20.3 Å². The summed E-state index contributed by atoms with van der Waals surface area (Å²) in [6, 6.07) is -0.634.